The number of hydrogen-bond acceptors (Lipinski definition) is 3. The van der Waals surface area contributed by atoms with Crippen molar-refractivity contribution in [2.24, 2.45) is 0 Å². The molecule has 1 rings (SSSR count). The Bertz CT molecular complexity index is 193. The molecule has 1 saturated heterocycles. The molecule has 0 aliphatic carbocycles. The molecule has 0 spiro atoms. The third-order valence-corrected chi connectivity index (χ3v) is 3.63. The SMILES string of the molecule is CSCCCCNCC(=O)N1CCCCC1. The zero-order valence-electron chi connectivity index (χ0n) is 10.3. The summed E-state index contributed by atoms with van der Waals surface area (Å²) < 4.78 is 0. The number of piperidine rings is 1. The minimum absolute atomic E-state index is 0.282. The van der Waals surface area contributed by atoms with E-state index in [1.807, 2.05) is 16.7 Å². The van der Waals surface area contributed by atoms with Gasteiger partial charge in [-0.25, -0.2) is 0 Å². The van der Waals surface area contributed by atoms with Gasteiger partial charge in [0.1, 0.15) is 0 Å². The van der Waals surface area contributed by atoms with Gasteiger partial charge in [-0.05, 0) is 50.7 Å². The van der Waals surface area contributed by atoms with Crippen LogP contribution in [0.4, 0.5) is 0 Å². The first-order chi connectivity index (χ1) is 7.84. The van der Waals surface area contributed by atoms with Crippen molar-refractivity contribution in [2.75, 3.05) is 38.2 Å². The van der Waals surface area contributed by atoms with E-state index in [0.29, 0.717) is 6.54 Å². The van der Waals surface area contributed by atoms with Crippen molar-refractivity contribution in [1.29, 1.82) is 0 Å². The Morgan fingerprint density at radius 2 is 2.00 bits per heavy atom. The summed E-state index contributed by atoms with van der Waals surface area (Å²) >= 11 is 1.89. The fraction of sp³-hybridized carbons (Fsp3) is 0.917. The molecule has 4 heteroatoms. The Balaban J connectivity index is 1.97. The first kappa shape index (κ1) is 13.8. The Morgan fingerprint density at radius 3 is 2.69 bits per heavy atom. The van der Waals surface area contributed by atoms with E-state index in [-0.39, 0.29) is 5.91 Å². The zero-order valence-corrected chi connectivity index (χ0v) is 11.2. The van der Waals surface area contributed by atoms with Crippen molar-refractivity contribution in [3.63, 3.8) is 0 Å². The van der Waals surface area contributed by atoms with Gasteiger partial charge in [0.15, 0.2) is 0 Å². The van der Waals surface area contributed by atoms with Crippen molar-refractivity contribution >= 4 is 17.7 Å². The van der Waals surface area contributed by atoms with Crippen LogP contribution in [0.1, 0.15) is 32.1 Å². The maximum Gasteiger partial charge on any atom is 0.236 e. The molecule has 0 unspecified atom stereocenters. The number of carbonyl (C=O) groups excluding carboxylic acids is 1. The van der Waals surface area contributed by atoms with Crippen LogP contribution < -0.4 is 5.32 Å². The number of amides is 1. The van der Waals surface area contributed by atoms with Crippen molar-refractivity contribution in [2.45, 2.75) is 32.1 Å². The molecule has 0 saturated carbocycles. The number of rotatable bonds is 7. The van der Waals surface area contributed by atoms with Crippen molar-refractivity contribution < 1.29 is 4.79 Å². The second kappa shape index (κ2) is 8.88. The van der Waals surface area contributed by atoms with Gasteiger partial charge in [0, 0.05) is 13.1 Å². The van der Waals surface area contributed by atoms with E-state index in [1.165, 1.54) is 37.9 Å². The van der Waals surface area contributed by atoms with Crippen LogP contribution in [0.5, 0.6) is 0 Å². The summed E-state index contributed by atoms with van der Waals surface area (Å²) in [6.07, 6.45) is 8.19. The van der Waals surface area contributed by atoms with E-state index < -0.39 is 0 Å². The summed E-state index contributed by atoms with van der Waals surface area (Å²) in [5, 5.41) is 3.24. The summed E-state index contributed by atoms with van der Waals surface area (Å²) in [6.45, 7) is 3.43. The van der Waals surface area contributed by atoms with Gasteiger partial charge in [0.2, 0.25) is 5.91 Å². The lowest BCUT2D eigenvalue weighted by Crippen LogP contribution is -2.41. The average molecular weight is 244 g/mol. The molecule has 0 radical (unpaired) electrons. The second-order valence-electron chi connectivity index (χ2n) is 4.32. The van der Waals surface area contributed by atoms with Gasteiger partial charge >= 0.3 is 0 Å². The van der Waals surface area contributed by atoms with Gasteiger partial charge in [-0.3, -0.25) is 4.79 Å². The fourth-order valence-electron chi connectivity index (χ4n) is 1.95. The molecule has 0 aromatic carbocycles. The van der Waals surface area contributed by atoms with E-state index in [4.69, 9.17) is 0 Å². The molecule has 1 fully saturated rings. The van der Waals surface area contributed by atoms with Gasteiger partial charge in [-0.2, -0.15) is 11.8 Å². The van der Waals surface area contributed by atoms with Gasteiger partial charge in [0.05, 0.1) is 6.54 Å². The van der Waals surface area contributed by atoms with Gasteiger partial charge in [-0.15, -0.1) is 0 Å². The van der Waals surface area contributed by atoms with Crippen LogP contribution in [0.3, 0.4) is 0 Å². The number of nitrogens with one attached hydrogen (secondary N) is 1. The third kappa shape index (κ3) is 5.75. The molecule has 0 atom stereocenters. The molecule has 1 N–H and O–H groups in total. The van der Waals surface area contributed by atoms with Crippen LogP contribution in [-0.4, -0.2) is 49.0 Å². The normalized spacial score (nSPS) is 16.4. The van der Waals surface area contributed by atoms with Crippen LogP contribution in [0.15, 0.2) is 0 Å². The minimum Gasteiger partial charge on any atom is -0.342 e. The number of likely N-dealkylation sites (tertiary alicyclic amines) is 1. The minimum atomic E-state index is 0.282. The highest BCUT2D eigenvalue weighted by Gasteiger charge is 2.15. The average Bonchev–Trinajstić information content (AvgIpc) is 2.34. The molecular weight excluding hydrogens is 220 g/mol. The van der Waals surface area contributed by atoms with Crippen LogP contribution >= 0.6 is 11.8 Å². The largest absolute Gasteiger partial charge is 0.342 e. The molecular formula is C12H24N2OS. The highest BCUT2D eigenvalue weighted by molar-refractivity contribution is 7.98. The summed E-state index contributed by atoms with van der Waals surface area (Å²) in [7, 11) is 0. The Kier molecular flexibility index (Phi) is 7.68. The maximum atomic E-state index is 11.7. The molecule has 16 heavy (non-hydrogen) atoms. The molecule has 1 aliphatic rings. The summed E-state index contributed by atoms with van der Waals surface area (Å²) in [5.41, 5.74) is 0. The number of nitrogens with zero attached hydrogens (tertiary/aromatic N) is 1. The third-order valence-electron chi connectivity index (χ3n) is 2.94. The van der Waals surface area contributed by atoms with Gasteiger partial charge in [-0.1, -0.05) is 0 Å². The standard InChI is InChI=1S/C12H24N2OS/c1-16-10-6-3-7-13-11-12(15)14-8-4-2-5-9-14/h13H,2-11H2,1H3. The zero-order chi connectivity index (χ0) is 11.6. The van der Waals surface area contributed by atoms with E-state index in [9.17, 15) is 4.79 Å². The van der Waals surface area contributed by atoms with E-state index in [2.05, 4.69) is 11.6 Å². The monoisotopic (exact) mass is 244 g/mol. The number of carbonyl (C=O) groups is 1. The molecule has 94 valence electrons. The van der Waals surface area contributed by atoms with E-state index >= 15 is 0 Å². The fourth-order valence-corrected chi connectivity index (χ4v) is 2.44. The molecule has 3 nitrogen and oxygen atoms in total. The van der Waals surface area contributed by atoms with Crippen molar-refractivity contribution in [3.8, 4) is 0 Å². The van der Waals surface area contributed by atoms with Gasteiger partial charge in [0.25, 0.3) is 0 Å². The van der Waals surface area contributed by atoms with Crippen molar-refractivity contribution in [1.82, 2.24) is 10.2 Å². The molecule has 0 aromatic rings. The first-order valence-electron chi connectivity index (χ1n) is 6.32. The quantitative estimate of drug-likeness (QED) is 0.692. The highest BCUT2D eigenvalue weighted by atomic mass is 32.2. The lowest BCUT2D eigenvalue weighted by atomic mass is 10.1. The number of hydrogen-bond donors (Lipinski definition) is 1. The number of thioether (sulfide) groups is 1. The van der Waals surface area contributed by atoms with Crippen LogP contribution in [-0.2, 0) is 4.79 Å². The predicted octanol–water partition coefficient (Wildman–Crippen LogP) is 1.73. The van der Waals surface area contributed by atoms with E-state index in [1.54, 1.807) is 0 Å². The predicted molar refractivity (Wildman–Crippen MR) is 70.9 cm³/mol. The molecule has 0 aromatic heterocycles. The molecule has 1 amide bonds. The molecule has 1 aliphatic heterocycles. The van der Waals surface area contributed by atoms with E-state index in [0.717, 1.165) is 19.6 Å². The lowest BCUT2D eigenvalue weighted by Gasteiger charge is -2.26. The topological polar surface area (TPSA) is 32.3 Å². The smallest absolute Gasteiger partial charge is 0.236 e. The maximum absolute atomic E-state index is 11.7. The van der Waals surface area contributed by atoms with Crippen molar-refractivity contribution in [3.05, 3.63) is 0 Å². The molecule has 0 bridgehead atoms. The summed E-state index contributed by atoms with van der Waals surface area (Å²) in [5.74, 6) is 1.51. The molecule has 1 heterocycles. The van der Waals surface area contributed by atoms with Crippen LogP contribution in [0.2, 0.25) is 0 Å². The Labute approximate surface area is 103 Å². The number of unbranched alkanes of at least 4 members (excludes halogenated alkanes) is 1. The second-order valence-corrected chi connectivity index (χ2v) is 5.30. The van der Waals surface area contributed by atoms with Crippen LogP contribution in [0, 0.1) is 0 Å². The highest BCUT2D eigenvalue weighted by Crippen LogP contribution is 2.08. The Morgan fingerprint density at radius 1 is 1.25 bits per heavy atom. The lowest BCUT2D eigenvalue weighted by molar-refractivity contribution is -0.131. The first-order valence-corrected chi connectivity index (χ1v) is 7.71. The van der Waals surface area contributed by atoms with Crippen LogP contribution in [0.25, 0.3) is 0 Å². The van der Waals surface area contributed by atoms with Gasteiger partial charge < -0.3 is 10.2 Å². The Hall–Kier alpha value is -0.220. The summed E-state index contributed by atoms with van der Waals surface area (Å²) in [6, 6.07) is 0. The summed E-state index contributed by atoms with van der Waals surface area (Å²) in [4.78, 5) is 13.7.